The van der Waals surface area contributed by atoms with Gasteiger partial charge >= 0.3 is 0 Å². The Labute approximate surface area is 157 Å². The molecule has 3 heterocycles. The highest BCUT2D eigenvalue weighted by Crippen LogP contribution is 2.25. The topological polar surface area (TPSA) is 74.6 Å². The van der Waals surface area contributed by atoms with Crippen LogP contribution in [-0.4, -0.2) is 22.6 Å². The summed E-state index contributed by atoms with van der Waals surface area (Å²) in [5.41, 5.74) is 8.02. The Morgan fingerprint density at radius 2 is 1.23 bits per heavy atom. The molecule has 2 N–H and O–H groups in total. The molecular formula is C18H14N6S2. The average molecular weight is 378 g/mol. The van der Waals surface area contributed by atoms with E-state index in [9.17, 15) is 0 Å². The normalized spacial score (nSPS) is 11.5. The van der Waals surface area contributed by atoms with E-state index in [4.69, 9.17) is 0 Å². The van der Waals surface area contributed by atoms with Crippen LogP contribution in [-0.2, 0) is 0 Å². The third-order valence-corrected chi connectivity index (χ3v) is 4.94. The van der Waals surface area contributed by atoms with Crippen LogP contribution in [0, 0.1) is 0 Å². The number of hydrogen-bond acceptors (Lipinski definition) is 8. The van der Waals surface area contributed by atoms with Gasteiger partial charge in [-0.1, -0.05) is 24.3 Å². The first-order chi connectivity index (χ1) is 12.9. The molecule has 0 atom stereocenters. The molecular weight excluding hydrogens is 364 g/mol. The van der Waals surface area contributed by atoms with E-state index in [2.05, 4.69) is 31.3 Å². The molecule has 0 unspecified atom stereocenters. The number of hydrogen-bond donors (Lipinski definition) is 2. The fourth-order valence-electron chi connectivity index (χ4n) is 2.30. The van der Waals surface area contributed by atoms with Crippen molar-refractivity contribution in [3.05, 3.63) is 69.0 Å². The van der Waals surface area contributed by atoms with Gasteiger partial charge in [-0.25, -0.2) is 0 Å². The summed E-state index contributed by atoms with van der Waals surface area (Å²) in [6, 6.07) is 11.9. The van der Waals surface area contributed by atoms with Crippen LogP contribution in [0.1, 0.15) is 11.1 Å². The largest absolute Gasteiger partial charge is 0.259 e. The summed E-state index contributed by atoms with van der Waals surface area (Å²) in [6.45, 7) is 0. The van der Waals surface area contributed by atoms with E-state index in [1.54, 1.807) is 35.1 Å². The molecule has 6 nitrogen and oxygen atoms in total. The van der Waals surface area contributed by atoms with Gasteiger partial charge in [0.2, 0.25) is 0 Å². The predicted molar refractivity (Wildman–Crippen MR) is 111 cm³/mol. The first-order valence-electron chi connectivity index (χ1n) is 7.78. The Morgan fingerprint density at radius 1 is 0.731 bits per heavy atom. The Hall–Kier alpha value is -3.10. The molecule has 1 aromatic carbocycles. The number of hydrazone groups is 2. The second-order valence-corrected chi connectivity index (χ2v) is 6.86. The molecule has 0 saturated carbocycles. The van der Waals surface area contributed by atoms with Gasteiger partial charge in [0.25, 0.3) is 0 Å². The lowest BCUT2D eigenvalue weighted by atomic mass is 10.2. The molecule has 0 aliphatic carbocycles. The van der Waals surface area contributed by atoms with Crippen LogP contribution >= 0.6 is 22.7 Å². The number of fused-ring (bicyclic) bond motifs is 1. The monoisotopic (exact) mass is 378 g/mol. The Bertz CT molecular complexity index is 954. The van der Waals surface area contributed by atoms with Gasteiger partial charge in [-0.3, -0.25) is 10.9 Å². The Kier molecular flexibility index (Phi) is 4.95. The molecule has 4 rings (SSSR count). The summed E-state index contributed by atoms with van der Waals surface area (Å²) in [5, 5.41) is 26.8. The minimum absolute atomic E-state index is 0.597. The average Bonchev–Trinajstić information content (AvgIpc) is 3.37. The number of thiophene rings is 2. The number of anilines is 2. The minimum Gasteiger partial charge on any atom is -0.259 e. The summed E-state index contributed by atoms with van der Waals surface area (Å²) in [5.74, 6) is 1.19. The maximum Gasteiger partial charge on any atom is 0.176 e. The van der Waals surface area contributed by atoms with Gasteiger partial charge in [0.15, 0.2) is 11.6 Å². The molecule has 0 bridgehead atoms. The molecule has 8 heteroatoms. The van der Waals surface area contributed by atoms with Crippen LogP contribution in [0.25, 0.3) is 10.8 Å². The lowest BCUT2D eigenvalue weighted by Crippen LogP contribution is -2.01. The molecule has 128 valence electrons. The predicted octanol–water partition coefficient (Wildman–Crippen LogP) is 4.64. The Balaban J connectivity index is 1.56. The van der Waals surface area contributed by atoms with E-state index in [1.807, 2.05) is 57.9 Å². The quantitative estimate of drug-likeness (QED) is 0.378. The first kappa shape index (κ1) is 16.4. The molecule has 0 saturated heterocycles. The van der Waals surface area contributed by atoms with Crippen LogP contribution in [0.4, 0.5) is 11.6 Å². The summed E-state index contributed by atoms with van der Waals surface area (Å²) in [6.07, 6.45) is 3.51. The van der Waals surface area contributed by atoms with E-state index in [0.29, 0.717) is 11.6 Å². The van der Waals surface area contributed by atoms with Crippen molar-refractivity contribution in [1.29, 1.82) is 0 Å². The van der Waals surface area contributed by atoms with E-state index < -0.39 is 0 Å². The van der Waals surface area contributed by atoms with Crippen molar-refractivity contribution >= 4 is 57.5 Å². The van der Waals surface area contributed by atoms with Crippen molar-refractivity contribution < 1.29 is 0 Å². The fourth-order valence-corrected chi connectivity index (χ4v) is 3.52. The maximum absolute atomic E-state index is 4.24. The summed E-state index contributed by atoms with van der Waals surface area (Å²) < 4.78 is 0. The van der Waals surface area contributed by atoms with Crippen molar-refractivity contribution in [2.45, 2.75) is 0 Å². The van der Waals surface area contributed by atoms with Crippen molar-refractivity contribution in [3.8, 4) is 0 Å². The highest BCUT2D eigenvalue weighted by molar-refractivity contribution is 7.08. The second-order valence-electron chi connectivity index (χ2n) is 5.30. The van der Waals surface area contributed by atoms with E-state index in [1.165, 1.54) is 0 Å². The summed E-state index contributed by atoms with van der Waals surface area (Å²) in [7, 11) is 0. The first-order valence-corrected chi connectivity index (χ1v) is 9.67. The van der Waals surface area contributed by atoms with Crippen LogP contribution in [0.3, 0.4) is 0 Å². The van der Waals surface area contributed by atoms with Gasteiger partial charge in [-0.15, -0.1) is 10.2 Å². The number of benzene rings is 1. The minimum atomic E-state index is 0.597. The zero-order chi connectivity index (χ0) is 17.6. The zero-order valence-electron chi connectivity index (χ0n) is 13.5. The van der Waals surface area contributed by atoms with Crippen molar-refractivity contribution in [1.82, 2.24) is 10.2 Å². The number of rotatable bonds is 6. The zero-order valence-corrected chi connectivity index (χ0v) is 15.2. The number of nitrogens with one attached hydrogen (secondary N) is 2. The van der Waals surface area contributed by atoms with Crippen molar-refractivity contribution in [2.75, 3.05) is 10.9 Å². The molecule has 0 spiro atoms. The summed E-state index contributed by atoms with van der Waals surface area (Å²) >= 11 is 3.26. The van der Waals surface area contributed by atoms with Gasteiger partial charge in [0.05, 0.1) is 12.4 Å². The molecule has 0 radical (unpaired) electrons. The van der Waals surface area contributed by atoms with E-state index in [-0.39, 0.29) is 0 Å². The van der Waals surface area contributed by atoms with E-state index >= 15 is 0 Å². The highest BCUT2D eigenvalue weighted by Gasteiger charge is 2.07. The van der Waals surface area contributed by atoms with E-state index in [0.717, 1.165) is 21.9 Å². The number of aromatic nitrogens is 2. The molecule has 0 aliphatic heterocycles. The molecule has 0 aliphatic rings. The van der Waals surface area contributed by atoms with Crippen LogP contribution < -0.4 is 10.9 Å². The van der Waals surface area contributed by atoms with Gasteiger partial charge in [0, 0.05) is 21.9 Å². The SMILES string of the molecule is C(=N/Nc1nnc(N/N=C\c2ccsc2)c2ccccc12)/c1ccsc1. The smallest absolute Gasteiger partial charge is 0.176 e. The lowest BCUT2D eigenvalue weighted by Gasteiger charge is -2.07. The second kappa shape index (κ2) is 7.85. The molecule has 4 aromatic rings. The van der Waals surface area contributed by atoms with Crippen LogP contribution in [0.5, 0.6) is 0 Å². The highest BCUT2D eigenvalue weighted by atomic mass is 32.1. The standard InChI is InChI=1S/C18H14N6S2/c1-2-4-16-15(3-1)17(21-19-9-13-5-7-25-11-13)23-24-18(16)22-20-10-14-6-8-26-12-14/h1-12H,(H,21,23)(H,22,24)/b19-9-,20-10-. The molecule has 26 heavy (non-hydrogen) atoms. The van der Waals surface area contributed by atoms with Crippen molar-refractivity contribution in [3.63, 3.8) is 0 Å². The fraction of sp³-hybridized carbons (Fsp3) is 0. The molecule has 0 amide bonds. The third-order valence-electron chi connectivity index (χ3n) is 3.54. The van der Waals surface area contributed by atoms with Crippen LogP contribution in [0.2, 0.25) is 0 Å². The van der Waals surface area contributed by atoms with Gasteiger partial charge in [-0.05, 0) is 33.7 Å². The van der Waals surface area contributed by atoms with Gasteiger partial charge in [0.1, 0.15) is 0 Å². The van der Waals surface area contributed by atoms with Gasteiger partial charge < -0.3 is 0 Å². The Morgan fingerprint density at radius 3 is 1.65 bits per heavy atom. The maximum atomic E-state index is 4.24. The van der Waals surface area contributed by atoms with Crippen LogP contribution in [0.15, 0.2) is 68.1 Å². The lowest BCUT2D eigenvalue weighted by molar-refractivity contribution is 1.03. The third kappa shape index (κ3) is 3.76. The van der Waals surface area contributed by atoms with Gasteiger partial charge in [-0.2, -0.15) is 32.9 Å². The summed E-state index contributed by atoms with van der Waals surface area (Å²) in [4.78, 5) is 0. The molecule has 3 aromatic heterocycles. The van der Waals surface area contributed by atoms with Crippen molar-refractivity contribution in [2.24, 2.45) is 10.2 Å². The number of nitrogens with zero attached hydrogens (tertiary/aromatic N) is 4. The molecule has 0 fully saturated rings.